The van der Waals surface area contributed by atoms with Gasteiger partial charge in [-0.15, -0.1) is 0 Å². The number of hydrogen-bond acceptors (Lipinski definition) is 4. The Balaban J connectivity index is 1.75. The van der Waals surface area contributed by atoms with Crippen LogP contribution in [0.5, 0.6) is 11.5 Å². The maximum atomic E-state index is 12.7. The topological polar surface area (TPSA) is 59.3 Å². The first-order valence-corrected chi connectivity index (χ1v) is 11.4. The monoisotopic (exact) mass is 439 g/mol. The number of nitrogens with zero attached hydrogens (tertiary/aromatic N) is 1. The highest BCUT2D eigenvalue weighted by atomic mass is 16.5. The zero-order valence-corrected chi connectivity index (χ0v) is 19.0. The predicted octanol–water partition coefficient (Wildman–Crippen LogP) is 7.30. The molecule has 0 saturated carbocycles. The highest BCUT2D eigenvalue weighted by molar-refractivity contribution is 5.91. The van der Waals surface area contributed by atoms with Crippen LogP contribution in [0.25, 0.3) is 12.2 Å². The fraction of sp³-hybridized carbons (Fsp3) is 0.241. The number of unbranched alkanes of at least 4 members (excludes halogenated alkanes) is 4. The second-order valence-corrected chi connectivity index (χ2v) is 7.78. The number of ether oxygens (including phenoxy) is 2. The summed E-state index contributed by atoms with van der Waals surface area (Å²) in [6, 6.07) is 23.9. The maximum absolute atomic E-state index is 12.7. The minimum atomic E-state index is -0.416. The Morgan fingerprint density at radius 1 is 0.909 bits per heavy atom. The van der Waals surface area contributed by atoms with Gasteiger partial charge in [0.15, 0.2) is 0 Å². The van der Waals surface area contributed by atoms with Crippen LogP contribution < -0.4 is 9.47 Å². The van der Waals surface area contributed by atoms with Gasteiger partial charge in [-0.3, -0.25) is 0 Å². The molecule has 4 heteroatoms. The fourth-order valence-corrected chi connectivity index (χ4v) is 3.31. The van der Waals surface area contributed by atoms with Crippen LogP contribution in [0.15, 0.2) is 72.8 Å². The number of nitriles is 1. The van der Waals surface area contributed by atoms with Gasteiger partial charge in [0.1, 0.15) is 11.5 Å². The lowest BCUT2D eigenvalue weighted by Gasteiger charge is -2.12. The van der Waals surface area contributed by atoms with Gasteiger partial charge in [0, 0.05) is 11.6 Å². The van der Waals surface area contributed by atoms with Crippen molar-refractivity contribution in [3.63, 3.8) is 0 Å². The molecule has 0 atom stereocenters. The van der Waals surface area contributed by atoms with Crippen LogP contribution >= 0.6 is 0 Å². The van der Waals surface area contributed by atoms with E-state index in [1.807, 2.05) is 42.5 Å². The Morgan fingerprint density at radius 2 is 1.67 bits per heavy atom. The molecule has 4 nitrogen and oxygen atoms in total. The third-order valence-electron chi connectivity index (χ3n) is 5.21. The molecule has 3 rings (SSSR count). The maximum Gasteiger partial charge on any atom is 0.343 e. The molecule has 3 aromatic carbocycles. The first-order chi connectivity index (χ1) is 16.2. The lowest BCUT2D eigenvalue weighted by atomic mass is 10.1. The van der Waals surface area contributed by atoms with E-state index in [1.165, 1.54) is 19.3 Å². The molecule has 0 aliphatic carbocycles. The van der Waals surface area contributed by atoms with E-state index in [1.54, 1.807) is 42.5 Å². The summed E-state index contributed by atoms with van der Waals surface area (Å²) in [5.74, 6) is 0.703. The number of esters is 1. The SMILES string of the molecule is CCCCCCCOc1ccc(C=Cc2ccc(C#N)cc2)c(OC(=O)c2ccccc2)c1. The summed E-state index contributed by atoms with van der Waals surface area (Å²) in [5, 5.41) is 8.96. The van der Waals surface area contributed by atoms with Gasteiger partial charge in [0.2, 0.25) is 0 Å². The van der Waals surface area contributed by atoms with Crippen LogP contribution in [0, 0.1) is 11.3 Å². The van der Waals surface area contributed by atoms with E-state index < -0.39 is 5.97 Å². The Morgan fingerprint density at radius 3 is 2.39 bits per heavy atom. The molecule has 0 heterocycles. The number of rotatable bonds is 11. The lowest BCUT2D eigenvalue weighted by molar-refractivity contribution is 0.0734. The van der Waals surface area contributed by atoms with Crippen LogP contribution in [-0.2, 0) is 0 Å². The third-order valence-corrected chi connectivity index (χ3v) is 5.21. The van der Waals surface area contributed by atoms with E-state index in [0.717, 1.165) is 24.0 Å². The smallest absolute Gasteiger partial charge is 0.343 e. The normalized spacial score (nSPS) is 10.7. The molecular formula is C29H29NO3. The molecule has 0 unspecified atom stereocenters. The molecule has 0 spiro atoms. The molecule has 0 saturated heterocycles. The van der Waals surface area contributed by atoms with E-state index >= 15 is 0 Å². The average Bonchev–Trinajstić information content (AvgIpc) is 2.86. The van der Waals surface area contributed by atoms with Crippen LogP contribution in [0.2, 0.25) is 0 Å². The van der Waals surface area contributed by atoms with Gasteiger partial charge in [-0.2, -0.15) is 5.26 Å². The lowest BCUT2D eigenvalue weighted by Crippen LogP contribution is -2.09. The van der Waals surface area contributed by atoms with Gasteiger partial charge in [0.05, 0.1) is 23.8 Å². The number of carbonyl (C=O) groups is 1. The van der Waals surface area contributed by atoms with Gasteiger partial charge >= 0.3 is 5.97 Å². The van der Waals surface area contributed by atoms with Gasteiger partial charge in [-0.05, 0) is 48.4 Å². The summed E-state index contributed by atoms with van der Waals surface area (Å²) in [6.07, 6.45) is 9.65. The Kier molecular flexibility index (Phi) is 9.29. The first kappa shape index (κ1) is 23.8. The fourth-order valence-electron chi connectivity index (χ4n) is 3.31. The van der Waals surface area contributed by atoms with E-state index in [4.69, 9.17) is 14.7 Å². The van der Waals surface area contributed by atoms with Crippen molar-refractivity contribution in [2.24, 2.45) is 0 Å². The van der Waals surface area contributed by atoms with Crippen molar-refractivity contribution < 1.29 is 14.3 Å². The minimum absolute atomic E-state index is 0.416. The van der Waals surface area contributed by atoms with Crippen molar-refractivity contribution in [1.82, 2.24) is 0 Å². The predicted molar refractivity (Wildman–Crippen MR) is 132 cm³/mol. The molecule has 0 aliphatic heterocycles. The first-order valence-electron chi connectivity index (χ1n) is 11.4. The minimum Gasteiger partial charge on any atom is -0.493 e. The molecule has 33 heavy (non-hydrogen) atoms. The summed E-state index contributed by atoms with van der Waals surface area (Å²) in [4.78, 5) is 12.7. The molecular weight excluding hydrogens is 410 g/mol. The zero-order chi connectivity index (χ0) is 23.3. The molecule has 3 aromatic rings. The number of hydrogen-bond donors (Lipinski definition) is 0. The van der Waals surface area contributed by atoms with Crippen LogP contribution in [0.3, 0.4) is 0 Å². The number of carbonyl (C=O) groups excluding carboxylic acids is 1. The molecule has 0 aliphatic rings. The van der Waals surface area contributed by atoms with E-state index in [2.05, 4.69) is 13.0 Å². The van der Waals surface area contributed by atoms with Gasteiger partial charge in [-0.1, -0.05) is 75.1 Å². The second kappa shape index (κ2) is 12.9. The van der Waals surface area contributed by atoms with Gasteiger partial charge < -0.3 is 9.47 Å². The van der Waals surface area contributed by atoms with Crippen molar-refractivity contribution in [1.29, 1.82) is 5.26 Å². The highest BCUT2D eigenvalue weighted by Crippen LogP contribution is 2.28. The molecule has 0 amide bonds. The van der Waals surface area contributed by atoms with Crippen molar-refractivity contribution in [2.45, 2.75) is 39.0 Å². The molecule has 0 aromatic heterocycles. The summed E-state index contributed by atoms with van der Waals surface area (Å²) in [7, 11) is 0. The van der Waals surface area contributed by atoms with Crippen LogP contribution in [0.1, 0.15) is 66.1 Å². The zero-order valence-electron chi connectivity index (χ0n) is 19.0. The highest BCUT2D eigenvalue weighted by Gasteiger charge is 2.12. The summed E-state index contributed by atoms with van der Waals surface area (Å²) < 4.78 is 11.7. The van der Waals surface area contributed by atoms with E-state index in [0.29, 0.717) is 29.2 Å². The Hall–Kier alpha value is -3.84. The van der Waals surface area contributed by atoms with Crippen molar-refractivity contribution in [2.75, 3.05) is 6.61 Å². The molecule has 0 N–H and O–H groups in total. The van der Waals surface area contributed by atoms with Crippen molar-refractivity contribution >= 4 is 18.1 Å². The van der Waals surface area contributed by atoms with Crippen molar-refractivity contribution in [3.05, 3.63) is 95.1 Å². The van der Waals surface area contributed by atoms with E-state index in [-0.39, 0.29) is 0 Å². The van der Waals surface area contributed by atoms with Crippen molar-refractivity contribution in [3.8, 4) is 17.6 Å². The quantitative estimate of drug-likeness (QED) is 0.136. The largest absolute Gasteiger partial charge is 0.493 e. The summed E-state index contributed by atoms with van der Waals surface area (Å²) in [6.45, 7) is 2.84. The van der Waals surface area contributed by atoms with Gasteiger partial charge in [-0.25, -0.2) is 4.79 Å². The Labute approximate surface area is 196 Å². The summed E-state index contributed by atoms with van der Waals surface area (Å²) >= 11 is 0. The molecule has 0 bridgehead atoms. The number of benzene rings is 3. The van der Waals surface area contributed by atoms with Crippen LogP contribution in [0.4, 0.5) is 0 Å². The second-order valence-electron chi connectivity index (χ2n) is 7.78. The molecule has 0 fully saturated rings. The standard InChI is InChI=1S/C29H29NO3/c1-2-3-4-5-9-20-32-27-19-18-25(17-16-23-12-14-24(22-30)15-13-23)28(21-27)33-29(31)26-10-7-6-8-11-26/h6-8,10-19,21H,2-5,9,20H2,1H3. The third kappa shape index (κ3) is 7.66. The molecule has 0 radical (unpaired) electrons. The van der Waals surface area contributed by atoms with Crippen LogP contribution in [-0.4, -0.2) is 12.6 Å². The molecule has 168 valence electrons. The Bertz CT molecular complexity index is 1100. The summed E-state index contributed by atoms with van der Waals surface area (Å²) in [5.41, 5.74) is 2.81. The average molecular weight is 440 g/mol. The van der Waals surface area contributed by atoms with Gasteiger partial charge in [0.25, 0.3) is 0 Å². The van der Waals surface area contributed by atoms with E-state index in [9.17, 15) is 4.79 Å².